The average molecular weight is 396 g/mol. The number of hydrogen-bond donors (Lipinski definition) is 1. The molecule has 1 aromatic carbocycles. The Labute approximate surface area is 173 Å². The van der Waals surface area contributed by atoms with Crippen LogP contribution in [0.25, 0.3) is 10.9 Å². The molecule has 5 heteroatoms. The Kier molecular flexibility index (Phi) is 5.77. The lowest BCUT2D eigenvalue weighted by atomic mass is 9.85. The van der Waals surface area contributed by atoms with E-state index in [4.69, 9.17) is 9.72 Å². The number of ether oxygens (including phenoxy) is 1. The smallest absolute Gasteiger partial charge is 0.410 e. The summed E-state index contributed by atoms with van der Waals surface area (Å²) in [6.45, 7) is 7.31. The van der Waals surface area contributed by atoms with Gasteiger partial charge in [0.15, 0.2) is 0 Å². The van der Waals surface area contributed by atoms with E-state index in [0.717, 1.165) is 36.0 Å². The third kappa shape index (κ3) is 4.72. The molecule has 0 spiro atoms. The highest BCUT2D eigenvalue weighted by atomic mass is 16.6. The van der Waals surface area contributed by atoms with Crippen LogP contribution in [0.2, 0.25) is 0 Å². The van der Waals surface area contributed by atoms with Crippen LogP contribution in [0.3, 0.4) is 0 Å². The van der Waals surface area contributed by atoms with Crippen LogP contribution in [0.4, 0.5) is 4.79 Å². The van der Waals surface area contributed by atoms with Crippen molar-refractivity contribution in [2.24, 2.45) is 5.92 Å². The van der Waals surface area contributed by atoms with E-state index in [9.17, 15) is 4.79 Å². The second-order valence-electron chi connectivity index (χ2n) is 9.52. The van der Waals surface area contributed by atoms with Crippen LogP contribution < -0.4 is 5.32 Å². The van der Waals surface area contributed by atoms with E-state index in [1.54, 1.807) is 0 Å². The highest BCUT2D eigenvalue weighted by Gasteiger charge is 2.45. The number of rotatable bonds is 4. The number of nitrogens with zero attached hydrogens (tertiary/aromatic N) is 2. The van der Waals surface area contributed by atoms with E-state index >= 15 is 0 Å². The molecular formula is C24H33N3O2. The standard InChI is InChI=1S/C24H33N3O2/c1-24(2,3)29-23(28)27-20(14-18-9-5-7-11-22(18)27)16-25-15-19-13-12-17-8-4-6-10-21(17)26-19/h4,6,8,10,12-13,18,20,22,25H,5,7,9,11,14-16H2,1-3H3/t18-,20-,22-/m0/s1. The topological polar surface area (TPSA) is 54.5 Å². The quantitative estimate of drug-likeness (QED) is 0.801. The van der Waals surface area contributed by atoms with Crippen LogP contribution in [0.5, 0.6) is 0 Å². The molecule has 0 radical (unpaired) electrons. The van der Waals surface area contributed by atoms with Crippen molar-refractivity contribution >= 4 is 17.0 Å². The summed E-state index contributed by atoms with van der Waals surface area (Å²) in [4.78, 5) is 19.8. The van der Waals surface area contributed by atoms with E-state index in [1.807, 2.05) is 39.0 Å². The number of pyridine rings is 1. The molecule has 1 aliphatic heterocycles. The third-order valence-corrected chi connectivity index (χ3v) is 6.14. The van der Waals surface area contributed by atoms with Crippen molar-refractivity contribution in [1.82, 2.24) is 15.2 Å². The molecule has 5 nitrogen and oxygen atoms in total. The number of hydrogen-bond acceptors (Lipinski definition) is 4. The van der Waals surface area contributed by atoms with Crippen molar-refractivity contribution in [2.45, 2.75) is 77.1 Å². The van der Waals surface area contributed by atoms with Gasteiger partial charge in [0, 0.05) is 30.6 Å². The van der Waals surface area contributed by atoms with Crippen LogP contribution in [0.1, 0.15) is 58.6 Å². The second-order valence-corrected chi connectivity index (χ2v) is 9.52. The lowest BCUT2D eigenvalue weighted by Crippen LogP contribution is -2.48. The fourth-order valence-corrected chi connectivity index (χ4v) is 4.92. The normalized spacial score (nSPS) is 24.5. The number of aromatic nitrogens is 1. The van der Waals surface area contributed by atoms with Crippen LogP contribution in [0.15, 0.2) is 36.4 Å². The zero-order valence-electron chi connectivity index (χ0n) is 17.9. The summed E-state index contributed by atoms with van der Waals surface area (Å²) in [5, 5.41) is 4.71. The highest BCUT2D eigenvalue weighted by Crippen LogP contribution is 2.40. The predicted molar refractivity (Wildman–Crippen MR) is 116 cm³/mol. The summed E-state index contributed by atoms with van der Waals surface area (Å²) in [6.07, 6.45) is 5.75. The number of amides is 1. The van der Waals surface area contributed by atoms with Gasteiger partial charge in [-0.15, -0.1) is 0 Å². The van der Waals surface area contributed by atoms with Crippen molar-refractivity contribution in [2.75, 3.05) is 6.54 Å². The number of likely N-dealkylation sites (tertiary alicyclic amines) is 1. The number of carbonyl (C=O) groups is 1. The van der Waals surface area contributed by atoms with Gasteiger partial charge in [-0.1, -0.05) is 37.1 Å². The third-order valence-electron chi connectivity index (χ3n) is 6.14. The number of carbonyl (C=O) groups excluding carboxylic acids is 1. The largest absolute Gasteiger partial charge is 0.444 e. The van der Waals surface area contributed by atoms with E-state index in [0.29, 0.717) is 18.5 Å². The zero-order valence-corrected chi connectivity index (χ0v) is 17.9. The van der Waals surface area contributed by atoms with Gasteiger partial charge in [0.2, 0.25) is 0 Å². The van der Waals surface area contributed by atoms with Crippen molar-refractivity contribution in [3.05, 3.63) is 42.1 Å². The maximum absolute atomic E-state index is 13.0. The molecule has 1 amide bonds. The molecule has 29 heavy (non-hydrogen) atoms. The fraction of sp³-hybridized carbons (Fsp3) is 0.583. The minimum atomic E-state index is -0.461. The monoisotopic (exact) mass is 395 g/mol. The Morgan fingerprint density at radius 1 is 1.17 bits per heavy atom. The van der Waals surface area contributed by atoms with Crippen LogP contribution in [-0.4, -0.2) is 40.2 Å². The van der Waals surface area contributed by atoms with E-state index in [-0.39, 0.29) is 12.1 Å². The van der Waals surface area contributed by atoms with Gasteiger partial charge in [-0.3, -0.25) is 4.98 Å². The summed E-state index contributed by atoms with van der Waals surface area (Å²) >= 11 is 0. The Bertz CT molecular complexity index is 861. The Hall–Kier alpha value is -2.14. The first-order chi connectivity index (χ1) is 13.9. The Morgan fingerprint density at radius 2 is 1.97 bits per heavy atom. The molecule has 0 unspecified atom stereocenters. The van der Waals surface area contributed by atoms with Gasteiger partial charge in [-0.2, -0.15) is 0 Å². The molecule has 156 valence electrons. The maximum Gasteiger partial charge on any atom is 0.410 e. The number of para-hydroxylation sites is 1. The fourth-order valence-electron chi connectivity index (χ4n) is 4.92. The summed E-state index contributed by atoms with van der Waals surface area (Å²) < 4.78 is 5.76. The van der Waals surface area contributed by atoms with Crippen molar-refractivity contribution in [3.8, 4) is 0 Å². The molecule has 2 heterocycles. The Balaban J connectivity index is 1.41. The minimum Gasteiger partial charge on any atom is -0.444 e. The molecule has 3 atom stereocenters. The molecule has 2 aliphatic rings. The lowest BCUT2D eigenvalue weighted by Gasteiger charge is -2.35. The molecular weight excluding hydrogens is 362 g/mol. The minimum absolute atomic E-state index is 0.150. The van der Waals surface area contributed by atoms with Gasteiger partial charge in [0.25, 0.3) is 0 Å². The lowest BCUT2D eigenvalue weighted by molar-refractivity contribution is 0.0104. The number of fused-ring (bicyclic) bond motifs is 2. The molecule has 1 N–H and O–H groups in total. The molecule has 1 aliphatic carbocycles. The number of benzene rings is 1. The average Bonchev–Trinajstić information content (AvgIpc) is 3.05. The van der Waals surface area contributed by atoms with Crippen LogP contribution in [0, 0.1) is 5.92 Å². The second kappa shape index (κ2) is 8.31. The highest BCUT2D eigenvalue weighted by molar-refractivity contribution is 5.78. The first kappa shape index (κ1) is 20.1. The van der Waals surface area contributed by atoms with Crippen LogP contribution in [-0.2, 0) is 11.3 Å². The molecule has 1 aromatic heterocycles. The summed E-state index contributed by atoms with van der Waals surface area (Å²) in [6, 6.07) is 12.9. The van der Waals surface area contributed by atoms with E-state index in [2.05, 4.69) is 28.4 Å². The molecule has 1 saturated heterocycles. The SMILES string of the molecule is CC(C)(C)OC(=O)N1[C@H](CNCc2ccc3ccccc3n2)C[C@@H]2CCCC[C@@H]21. The first-order valence-electron chi connectivity index (χ1n) is 11.0. The summed E-state index contributed by atoms with van der Waals surface area (Å²) in [5.41, 5.74) is 1.59. The zero-order chi connectivity index (χ0) is 20.4. The van der Waals surface area contributed by atoms with E-state index < -0.39 is 5.60 Å². The predicted octanol–water partition coefficient (Wildman–Crippen LogP) is 4.89. The maximum atomic E-state index is 13.0. The Morgan fingerprint density at radius 3 is 2.79 bits per heavy atom. The molecule has 0 bridgehead atoms. The molecule has 1 saturated carbocycles. The summed E-state index contributed by atoms with van der Waals surface area (Å²) in [5.74, 6) is 0.613. The molecule has 2 aromatic rings. The van der Waals surface area contributed by atoms with Crippen molar-refractivity contribution in [3.63, 3.8) is 0 Å². The van der Waals surface area contributed by atoms with Gasteiger partial charge in [0.05, 0.1) is 11.2 Å². The van der Waals surface area contributed by atoms with Crippen LogP contribution >= 0.6 is 0 Å². The van der Waals surface area contributed by atoms with Gasteiger partial charge in [-0.25, -0.2) is 4.79 Å². The first-order valence-corrected chi connectivity index (χ1v) is 11.0. The number of nitrogens with one attached hydrogen (secondary N) is 1. The molecule has 2 fully saturated rings. The van der Waals surface area contributed by atoms with Crippen molar-refractivity contribution < 1.29 is 9.53 Å². The van der Waals surface area contributed by atoms with E-state index in [1.165, 1.54) is 19.3 Å². The molecule has 4 rings (SSSR count). The summed E-state index contributed by atoms with van der Waals surface area (Å²) in [7, 11) is 0. The van der Waals surface area contributed by atoms with Gasteiger partial charge in [0.1, 0.15) is 5.60 Å². The van der Waals surface area contributed by atoms with Gasteiger partial charge in [-0.05, 0) is 58.1 Å². The van der Waals surface area contributed by atoms with Crippen molar-refractivity contribution in [1.29, 1.82) is 0 Å². The van der Waals surface area contributed by atoms with Gasteiger partial charge >= 0.3 is 6.09 Å². The van der Waals surface area contributed by atoms with Gasteiger partial charge < -0.3 is 15.0 Å².